The largest absolute Gasteiger partial charge is 0.508 e. The van der Waals surface area contributed by atoms with Crippen molar-refractivity contribution in [1.29, 1.82) is 0 Å². The summed E-state index contributed by atoms with van der Waals surface area (Å²) >= 11 is 0. The summed E-state index contributed by atoms with van der Waals surface area (Å²) in [7, 11) is 0. The van der Waals surface area contributed by atoms with Crippen molar-refractivity contribution >= 4 is 95.0 Å². The van der Waals surface area contributed by atoms with E-state index in [2.05, 4.69) is 53.2 Å². The van der Waals surface area contributed by atoms with E-state index in [1.165, 1.54) is 48.5 Å². The molecule has 0 radical (unpaired) electrons. The van der Waals surface area contributed by atoms with Gasteiger partial charge in [-0.1, -0.05) is 84.9 Å². The van der Waals surface area contributed by atoms with Crippen LogP contribution in [0, 0.1) is 0 Å². The fraction of sp³-hybridized carbons (Fsp3) is 0.437. The molecule has 0 spiro atoms. The zero-order valence-corrected chi connectivity index (χ0v) is 58.8. The highest BCUT2D eigenvalue weighted by molar-refractivity contribution is 6.01. The number of hydrogen-bond donors (Lipinski definition) is 19. The highest BCUT2D eigenvalue weighted by Gasteiger charge is 2.42. The number of nitrogens with one attached hydrogen (secondary N) is 10. The van der Waals surface area contributed by atoms with Crippen LogP contribution >= 0.6 is 0 Å². The smallest absolute Gasteiger partial charge is 0.303 e. The summed E-state index contributed by atoms with van der Waals surface area (Å²) in [6.45, 7) is 0.165. The molecule has 1 heterocycles. The lowest BCUT2D eigenvalue weighted by atomic mass is 10.0. The van der Waals surface area contributed by atoms with Gasteiger partial charge < -0.3 is 112 Å². The topological polar surface area (TPSA) is 608 Å². The van der Waals surface area contributed by atoms with Gasteiger partial charge in [-0.05, 0) is 111 Å². The Hall–Kier alpha value is -11.9. The predicted molar refractivity (Wildman–Crippen MR) is 381 cm³/mol. The molecule has 1 fully saturated rings. The Morgan fingerprint density at radius 3 is 1.44 bits per heavy atom. The predicted octanol–water partition coefficient (Wildman–Crippen LogP) is -5.24. The Morgan fingerprint density at radius 1 is 0.495 bits per heavy atom. The molecule has 578 valence electrons. The molecule has 0 aliphatic carbocycles. The SMILES string of the molecule is C[C@@H](O)[C@H](NC(=O)[C@@H]1CCCN1C(=O)[C@H](CC(N)=O)NC(=O)[C@H](CCC(=O)O)NC(=O)[C@H](Cc1ccc(O)cc1)NC(=O)CNC(=O)[C@H](CC(N)=O)NC(=O)[C@@H](N)CCC(N)=O)C(=O)N[C@@H](Cc1ccc(O)cc1)C(=O)N[C@@H](CCCCN)C(=O)N[C@@H](Cc1ccccc1)C(=O)N[C@H](C=O)Cc1ccccc1. The number of aliphatic hydroxyl groups excluding tert-OH is 1. The Morgan fingerprint density at radius 2 is 0.944 bits per heavy atom. The maximum absolute atomic E-state index is 14.7. The lowest BCUT2D eigenvalue weighted by Gasteiger charge is -2.31. The number of carbonyl (C=O) groups is 16. The van der Waals surface area contributed by atoms with Gasteiger partial charge in [0.05, 0.1) is 37.6 Å². The van der Waals surface area contributed by atoms with Gasteiger partial charge in [0.1, 0.15) is 72.2 Å². The number of rotatable bonds is 45. The van der Waals surface area contributed by atoms with Gasteiger partial charge in [-0.15, -0.1) is 0 Å². The minimum atomic E-state index is -1.94. The number of hydrogen-bond acceptors (Lipinski definition) is 21. The minimum Gasteiger partial charge on any atom is -0.508 e. The molecule has 14 amide bonds. The lowest BCUT2D eigenvalue weighted by Crippen LogP contribution is -2.62. The number of aldehydes is 1. The second kappa shape index (κ2) is 43.4. The number of nitrogens with two attached hydrogens (primary N) is 5. The van der Waals surface area contributed by atoms with E-state index in [4.69, 9.17) is 28.7 Å². The second-order valence-corrected chi connectivity index (χ2v) is 25.7. The Bertz CT molecular complexity index is 3760. The summed E-state index contributed by atoms with van der Waals surface area (Å²) in [5.41, 5.74) is 29.6. The Kier molecular flexibility index (Phi) is 34.8. The number of primary amides is 3. The van der Waals surface area contributed by atoms with E-state index in [0.717, 1.165) is 17.4 Å². The number of carbonyl (C=O) groups excluding carboxylic acids is 15. The molecule has 5 rings (SSSR count). The molecule has 4 aromatic carbocycles. The molecule has 1 saturated heterocycles. The Labute approximate surface area is 614 Å². The zero-order chi connectivity index (χ0) is 78.9. The van der Waals surface area contributed by atoms with Crippen molar-refractivity contribution in [2.45, 2.75) is 176 Å². The molecular weight excluding hydrogens is 1400 g/mol. The molecule has 0 aromatic heterocycles. The summed E-state index contributed by atoms with van der Waals surface area (Å²) in [6, 6.07) is 10.9. The summed E-state index contributed by atoms with van der Waals surface area (Å²) < 4.78 is 0. The van der Waals surface area contributed by atoms with Crippen molar-refractivity contribution < 1.29 is 97.1 Å². The third kappa shape index (κ3) is 29.6. The maximum Gasteiger partial charge on any atom is 0.303 e. The molecule has 107 heavy (non-hydrogen) atoms. The number of nitrogens with zero attached hydrogens (tertiary/aromatic N) is 1. The third-order valence-electron chi connectivity index (χ3n) is 17.0. The summed E-state index contributed by atoms with van der Waals surface area (Å²) in [5.74, 6) is -16.4. The summed E-state index contributed by atoms with van der Waals surface area (Å²) in [4.78, 5) is 216. The number of aliphatic hydroxyl groups is 1. The van der Waals surface area contributed by atoms with Gasteiger partial charge in [0.2, 0.25) is 82.7 Å². The first-order valence-electron chi connectivity index (χ1n) is 34.4. The minimum absolute atomic E-state index is 0.0394. The van der Waals surface area contributed by atoms with Crippen LogP contribution in [0.2, 0.25) is 0 Å². The molecule has 0 saturated carbocycles. The highest BCUT2D eigenvalue weighted by Crippen LogP contribution is 2.22. The number of phenols is 2. The van der Waals surface area contributed by atoms with E-state index in [-0.39, 0.29) is 87.9 Å². The first-order valence-corrected chi connectivity index (χ1v) is 34.4. The molecule has 0 unspecified atom stereocenters. The summed E-state index contributed by atoms with van der Waals surface area (Å²) in [5, 5.41) is 65.5. The van der Waals surface area contributed by atoms with Crippen LogP contribution in [0.3, 0.4) is 0 Å². The molecule has 1 aliphatic rings. The molecule has 4 aromatic rings. The van der Waals surface area contributed by atoms with E-state index in [9.17, 15) is 97.1 Å². The number of carboxylic acids is 1. The average molecular weight is 1490 g/mol. The first-order chi connectivity index (χ1) is 50.8. The van der Waals surface area contributed by atoms with Crippen LogP contribution in [-0.4, -0.2) is 212 Å². The van der Waals surface area contributed by atoms with E-state index in [0.29, 0.717) is 23.8 Å². The van der Waals surface area contributed by atoms with Gasteiger partial charge in [0.15, 0.2) is 0 Å². The van der Waals surface area contributed by atoms with Crippen LogP contribution in [0.25, 0.3) is 0 Å². The van der Waals surface area contributed by atoms with Crippen molar-refractivity contribution in [3.05, 3.63) is 131 Å². The summed E-state index contributed by atoms with van der Waals surface area (Å²) in [6.07, 6.45) is -4.99. The molecule has 1 aliphatic heterocycles. The number of benzene rings is 4. The standard InChI is InChI=1S/C71H94N16O20/c1-39(89)61(70(106)84-52(34-43-19-23-46(91)24-20-43)68(104)80-48(15-8-9-29-72)64(100)83-51(32-41-13-6-3-7-14-41)66(102)78-44(38-88)31-40-11-4-2-5-12-40)86-69(105)55-16-10-30-87(55)71(107)54(36-58(76)94)85-65(101)49(26-28-60(96)97)81-67(103)50(33-42-17-21-45(90)22-18-42)79-59(95)37-77-63(99)53(35-57(75)93)82-62(98)47(73)25-27-56(74)92/h2-7,11-14,17-24,38-39,44,47-55,61,89-91H,8-10,15-16,25-37,72-73H2,1H3,(H2,74,92)(H2,75,93)(H2,76,94)(H,77,99)(H,78,102)(H,79,95)(H,80,104)(H,81,103)(H,82,98)(H,83,100)(H,84,106)(H,85,101)(H,86,105)(H,96,97)/t39-,44+,47+,48+,49+,50+,51+,52+,53+,54+,55+,61+/m1/s1. The van der Waals surface area contributed by atoms with Gasteiger partial charge in [-0.2, -0.15) is 0 Å². The fourth-order valence-corrected chi connectivity index (χ4v) is 11.4. The van der Waals surface area contributed by atoms with E-state index in [1.54, 1.807) is 60.7 Å². The number of amides is 14. The van der Waals surface area contributed by atoms with Crippen LogP contribution in [0.1, 0.15) is 99.8 Å². The maximum atomic E-state index is 14.7. The van der Waals surface area contributed by atoms with Gasteiger partial charge >= 0.3 is 5.97 Å². The molecule has 36 nitrogen and oxygen atoms in total. The molecule has 36 heteroatoms. The van der Waals surface area contributed by atoms with E-state index < -0.39 is 200 Å². The molecular formula is C71H94N16O20. The van der Waals surface area contributed by atoms with Crippen LogP contribution in [0.4, 0.5) is 0 Å². The first kappa shape index (κ1) is 85.7. The molecule has 0 bridgehead atoms. The van der Waals surface area contributed by atoms with Crippen molar-refractivity contribution in [3.8, 4) is 11.5 Å². The monoisotopic (exact) mass is 1490 g/mol. The van der Waals surface area contributed by atoms with Crippen LogP contribution in [-0.2, 0) is 102 Å². The van der Waals surface area contributed by atoms with Gasteiger partial charge in [-0.25, -0.2) is 0 Å². The average Bonchev–Trinajstić information content (AvgIpc) is 1.75. The third-order valence-corrected chi connectivity index (χ3v) is 17.0. The van der Waals surface area contributed by atoms with Gasteiger partial charge in [0, 0.05) is 38.6 Å². The quantitative estimate of drug-likeness (QED) is 0.0145. The van der Waals surface area contributed by atoms with Crippen molar-refractivity contribution in [3.63, 3.8) is 0 Å². The number of unbranched alkanes of at least 4 members (excludes halogenated alkanes) is 1. The van der Waals surface area contributed by atoms with Gasteiger partial charge in [0.25, 0.3) is 0 Å². The number of aromatic hydroxyl groups is 2. The fourth-order valence-electron chi connectivity index (χ4n) is 11.4. The number of aliphatic carboxylic acids is 1. The van der Waals surface area contributed by atoms with E-state index >= 15 is 0 Å². The highest BCUT2D eigenvalue weighted by atomic mass is 16.4. The van der Waals surface area contributed by atoms with Crippen LogP contribution in [0.5, 0.6) is 11.5 Å². The normalized spacial score (nSPS) is 15.5. The van der Waals surface area contributed by atoms with Crippen LogP contribution < -0.4 is 81.8 Å². The second-order valence-electron chi connectivity index (χ2n) is 25.7. The molecule has 24 N–H and O–H groups in total. The number of carboxylic acid groups (broad SMARTS) is 1. The van der Waals surface area contributed by atoms with Crippen molar-refractivity contribution in [2.24, 2.45) is 28.7 Å². The van der Waals surface area contributed by atoms with Crippen molar-refractivity contribution in [2.75, 3.05) is 19.6 Å². The van der Waals surface area contributed by atoms with Gasteiger partial charge in [-0.3, -0.25) is 71.9 Å². The number of likely N-dealkylation sites (tertiary alicyclic amines) is 1. The van der Waals surface area contributed by atoms with Crippen molar-refractivity contribution in [1.82, 2.24) is 58.1 Å². The van der Waals surface area contributed by atoms with Crippen LogP contribution in [0.15, 0.2) is 109 Å². The zero-order valence-electron chi connectivity index (χ0n) is 58.8. The number of phenolic OH excluding ortho intramolecular Hbond substituents is 2. The molecule has 12 atom stereocenters. The lowest BCUT2D eigenvalue weighted by molar-refractivity contribution is -0.144. The Balaban J connectivity index is 1.35. The van der Waals surface area contributed by atoms with E-state index in [1.807, 2.05) is 0 Å².